The lowest BCUT2D eigenvalue weighted by Gasteiger charge is -2.08. The second-order valence-electron chi connectivity index (χ2n) is 4.58. The molecule has 100 valence electrons. The van der Waals surface area contributed by atoms with Gasteiger partial charge in [0, 0.05) is 11.4 Å². The zero-order valence-electron chi connectivity index (χ0n) is 10.9. The van der Waals surface area contributed by atoms with Crippen LogP contribution in [0, 0.1) is 6.92 Å². The van der Waals surface area contributed by atoms with Gasteiger partial charge >= 0.3 is 0 Å². The molecule has 20 heavy (non-hydrogen) atoms. The van der Waals surface area contributed by atoms with E-state index >= 15 is 0 Å². The Labute approximate surface area is 120 Å². The molecule has 0 radical (unpaired) electrons. The third-order valence-corrected chi connectivity index (χ3v) is 3.83. The van der Waals surface area contributed by atoms with Crippen LogP contribution in [0.15, 0.2) is 41.9 Å². The molecule has 1 aromatic heterocycles. The molecule has 2 aromatic carbocycles. The number of thiazole rings is 1. The number of hydrogen-bond acceptors (Lipinski definition) is 4. The Bertz CT molecular complexity index is 795. The second kappa shape index (κ2) is 4.94. The maximum Gasteiger partial charge on any atom is 0.257 e. The van der Waals surface area contributed by atoms with Crippen LogP contribution in [0.5, 0.6) is 0 Å². The van der Waals surface area contributed by atoms with Crippen LogP contribution in [0.4, 0.5) is 11.4 Å². The summed E-state index contributed by atoms with van der Waals surface area (Å²) in [5.41, 5.74) is 11.3. The van der Waals surface area contributed by atoms with Gasteiger partial charge in [-0.2, -0.15) is 0 Å². The van der Waals surface area contributed by atoms with E-state index in [4.69, 9.17) is 5.73 Å². The van der Waals surface area contributed by atoms with Crippen LogP contribution in [-0.2, 0) is 0 Å². The third kappa shape index (κ3) is 2.35. The molecule has 0 unspecified atom stereocenters. The molecule has 0 saturated heterocycles. The number of carbonyl (C=O) groups is 1. The first-order valence-electron chi connectivity index (χ1n) is 6.14. The van der Waals surface area contributed by atoms with Crippen LogP contribution >= 0.6 is 11.3 Å². The molecule has 0 saturated carbocycles. The van der Waals surface area contributed by atoms with Gasteiger partial charge < -0.3 is 11.1 Å². The molecule has 0 aliphatic rings. The molecule has 0 fully saturated rings. The van der Waals surface area contributed by atoms with Crippen LogP contribution in [0.2, 0.25) is 0 Å². The van der Waals surface area contributed by atoms with Crippen molar-refractivity contribution in [3.8, 4) is 0 Å². The summed E-state index contributed by atoms with van der Waals surface area (Å²) >= 11 is 1.54. The van der Waals surface area contributed by atoms with E-state index in [1.54, 1.807) is 29.0 Å². The summed E-state index contributed by atoms with van der Waals surface area (Å²) in [4.78, 5) is 16.5. The lowest BCUT2D eigenvalue weighted by molar-refractivity contribution is 0.102. The average molecular weight is 283 g/mol. The topological polar surface area (TPSA) is 68.0 Å². The predicted octanol–water partition coefficient (Wildman–Crippen LogP) is 3.44. The molecule has 1 amide bonds. The molecular weight excluding hydrogens is 270 g/mol. The Morgan fingerprint density at radius 1 is 1.25 bits per heavy atom. The van der Waals surface area contributed by atoms with E-state index in [0.717, 1.165) is 21.5 Å². The number of nitrogens with two attached hydrogens (primary N) is 1. The molecular formula is C15H13N3OS. The van der Waals surface area contributed by atoms with E-state index in [1.807, 2.05) is 31.2 Å². The van der Waals surface area contributed by atoms with Gasteiger partial charge in [-0.15, -0.1) is 11.3 Å². The van der Waals surface area contributed by atoms with E-state index < -0.39 is 0 Å². The quantitative estimate of drug-likeness (QED) is 0.708. The summed E-state index contributed by atoms with van der Waals surface area (Å²) in [6.07, 6.45) is 0. The first-order chi connectivity index (χ1) is 9.63. The van der Waals surface area contributed by atoms with Gasteiger partial charge in [0.1, 0.15) is 0 Å². The first-order valence-corrected chi connectivity index (χ1v) is 7.02. The fourth-order valence-corrected chi connectivity index (χ4v) is 2.71. The number of aryl methyl sites for hydroxylation is 1. The number of fused-ring (bicyclic) bond motifs is 1. The van der Waals surface area contributed by atoms with Crippen LogP contribution < -0.4 is 11.1 Å². The summed E-state index contributed by atoms with van der Waals surface area (Å²) in [5, 5.41) is 2.87. The minimum absolute atomic E-state index is 0.199. The number of amides is 1. The highest BCUT2D eigenvalue weighted by Gasteiger charge is 2.10. The van der Waals surface area contributed by atoms with Crippen molar-refractivity contribution in [1.82, 2.24) is 4.98 Å². The Morgan fingerprint density at radius 3 is 2.95 bits per heavy atom. The predicted molar refractivity (Wildman–Crippen MR) is 83.2 cm³/mol. The van der Waals surface area contributed by atoms with E-state index in [0.29, 0.717) is 11.3 Å². The highest BCUT2D eigenvalue weighted by Crippen LogP contribution is 2.23. The zero-order valence-corrected chi connectivity index (χ0v) is 11.7. The number of nitrogens with zero attached hydrogens (tertiary/aromatic N) is 1. The SMILES string of the molecule is Cc1ccc(N)c(C(=O)Nc2ccc3ncsc3c2)c1. The van der Waals surface area contributed by atoms with Gasteiger partial charge in [0.15, 0.2) is 0 Å². The van der Waals surface area contributed by atoms with E-state index in [-0.39, 0.29) is 5.91 Å². The molecule has 4 nitrogen and oxygen atoms in total. The van der Waals surface area contributed by atoms with Gasteiger partial charge in [-0.05, 0) is 37.3 Å². The molecule has 0 aliphatic carbocycles. The maximum absolute atomic E-state index is 12.3. The summed E-state index contributed by atoms with van der Waals surface area (Å²) in [6.45, 7) is 1.93. The lowest BCUT2D eigenvalue weighted by Crippen LogP contribution is -2.14. The van der Waals surface area contributed by atoms with Crippen LogP contribution in [0.1, 0.15) is 15.9 Å². The molecule has 3 rings (SSSR count). The van der Waals surface area contributed by atoms with Gasteiger partial charge in [-0.3, -0.25) is 4.79 Å². The minimum atomic E-state index is -0.199. The number of benzene rings is 2. The van der Waals surface area contributed by atoms with Crippen LogP contribution in [0.3, 0.4) is 0 Å². The largest absolute Gasteiger partial charge is 0.398 e. The standard InChI is InChI=1S/C15H13N3OS/c1-9-2-4-12(16)11(6-9)15(19)18-10-3-5-13-14(7-10)20-8-17-13/h2-8H,16H2,1H3,(H,18,19). The highest BCUT2D eigenvalue weighted by molar-refractivity contribution is 7.16. The molecule has 1 heterocycles. The smallest absolute Gasteiger partial charge is 0.257 e. The molecule has 3 aromatic rings. The third-order valence-electron chi connectivity index (χ3n) is 3.04. The van der Waals surface area contributed by atoms with Crippen molar-refractivity contribution in [1.29, 1.82) is 0 Å². The second-order valence-corrected chi connectivity index (χ2v) is 5.47. The van der Waals surface area contributed by atoms with Crippen molar-refractivity contribution in [2.24, 2.45) is 0 Å². The zero-order chi connectivity index (χ0) is 14.1. The molecule has 5 heteroatoms. The van der Waals surface area contributed by atoms with Crippen molar-refractivity contribution in [2.75, 3.05) is 11.1 Å². The van der Waals surface area contributed by atoms with E-state index in [1.165, 1.54) is 0 Å². The summed E-state index contributed by atoms with van der Waals surface area (Å²) in [6, 6.07) is 11.1. The minimum Gasteiger partial charge on any atom is -0.398 e. The number of anilines is 2. The van der Waals surface area contributed by atoms with Crippen LogP contribution in [0.25, 0.3) is 10.2 Å². The van der Waals surface area contributed by atoms with Crippen molar-refractivity contribution in [3.63, 3.8) is 0 Å². The molecule has 3 N–H and O–H groups in total. The molecule has 0 aliphatic heterocycles. The summed E-state index contributed by atoms with van der Waals surface area (Å²) in [5.74, 6) is -0.199. The van der Waals surface area contributed by atoms with E-state index in [9.17, 15) is 4.79 Å². The Kier molecular flexibility index (Phi) is 3.12. The number of aromatic nitrogens is 1. The summed E-state index contributed by atoms with van der Waals surface area (Å²) < 4.78 is 1.04. The molecule has 0 bridgehead atoms. The Morgan fingerprint density at radius 2 is 2.10 bits per heavy atom. The van der Waals surface area contributed by atoms with Crippen molar-refractivity contribution in [3.05, 3.63) is 53.0 Å². The number of nitrogens with one attached hydrogen (secondary N) is 1. The van der Waals surface area contributed by atoms with Gasteiger partial charge in [-0.25, -0.2) is 4.98 Å². The number of hydrogen-bond donors (Lipinski definition) is 2. The maximum atomic E-state index is 12.3. The van der Waals surface area contributed by atoms with Crippen LogP contribution in [-0.4, -0.2) is 10.9 Å². The average Bonchev–Trinajstić information content (AvgIpc) is 2.89. The highest BCUT2D eigenvalue weighted by atomic mass is 32.1. The van der Waals surface area contributed by atoms with Crippen molar-refractivity contribution in [2.45, 2.75) is 6.92 Å². The van der Waals surface area contributed by atoms with Gasteiger partial charge in [-0.1, -0.05) is 11.6 Å². The van der Waals surface area contributed by atoms with Gasteiger partial charge in [0.05, 0.1) is 21.3 Å². The number of rotatable bonds is 2. The Hall–Kier alpha value is -2.40. The first kappa shape index (κ1) is 12.6. The fourth-order valence-electron chi connectivity index (χ4n) is 2.00. The van der Waals surface area contributed by atoms with Crippen molar-refractivity contribution >= 4 is 38.8 Å². The van der Waals surface area contributed by atoms with Gasteiger partial charge in [0.2, 0.25) is 0 Å². The monoisotopic (exact) mass is 283 g/mol. The molecule has 0 spiro atoms. The Balaban J connectivity index is 1.89. The van der Waals surface area contributed by atoms with E-state index in [2.05, 4.69) is 10.3 Å². The number of carbonyl (C=O) groups excluding carboxylic acids is 1. The normalized spacial score (nSPS) is 10.7. The fraction of sp³-hybridized carbons (Fsp3) is 0.0667. The van der Waals surface area contributed by atoms with Gasteiger partial charge in [0.25, 0.3) is 5.91 Å². The molecule has 0 atom stereocenters. The summed E-state index contributed by atoms with van der Waals surface area (Å²) in [7, 11) is 0. The lowest BCUT2D eigenvalue weighted by atomic mass is 10.1. The number of nitrogen functional groups attached to an aromatic ring is 1. The van der Waals surface area contributed by atoms with Crippen molar-refractivity contribution < 1.29 is 4.79 Å².